The first-order chi connectivity index (χ1) is 9.19. The van der Waals surface area contributed by atoms with Gasteiger partial charge in [0.1, 0.15) is 0 Å². The van der Waals surface area contributed by atoms with E-state index in [0.717, 1.165) is 11.1 Å². The first-order valence-electron chi connectivity index (χ1n) is 5.52. The predicted octanol–water partition coefficient (Wildman–Crippen LogP) is 3.95. The summed E-state index contributed by atoms with van der Waals surface area (Å²) in [6, 6.07) is 9.23. The Hall–Kier alpha value is -2.44. The van der Waals surface area contributed by atoms with Gasteiger partial charge in [0.2, 0.25) is 5.28 Å². The van der Waals surface area contributed by atoms with Crippen molar-refractivity contribution in [1.29, 1.82) is 5.26 Å². The van der Waals surface area contributed by atoms with Gasteiger partial charge in [0, 0.05) is 11.1 Å². The Labute approximate surface area is 116 Å². The SMILES string of the molecule is C=Cc1nc(Cl)nc(-c2cccc(C#N)c2)c1C=C. The van der Waals surface area contributed by atoms with Crippen LogP contribution < -0.4 is 0 Å². The molecule has 0 bridgehead atoms. The minimum Gasteiger partial charge on any atom is -0.218 e. The molecule has 0 N–H and O–H groups in total. The van der Waals surface area contributed by atoms with E-state index in [1.54, 1.807) is 30.4 Å². The Morgan fingerprint density at radius 3 is 2.63 bits per heavy atom. The molecule has 1 heterocycles. The standard InChI is InChI=1S/C15H10ClN3/c1-3-12-13(4-2)18-15(16)19-14(12)11-7-5-6-10(8-11)9-17/h3-8H,1-2H2. The number of halogens is 1. The van der Waals surface area contributed by atoms with Crippen molar-refractivity contribution in [2.75, 3.05) is 0 Å². The molecule has 3 nitrogen and oxygen atoms in total. The molecule has 0 saturated heterocycles. The van der Waals surface area contributed by atoms with Gasteiger partial charge in [0.05, 0.1) is 23.0 Å². The number of aromatic nitrogens is 2. The molecule has 2 aromatic rings. The van der Waals surface area contributed by atoms with E-state index in [2.05, 4.69) is 29.2 Å². The molecule has 0 fully saturated rings. The zero-order valence-electron chi connectivity index (χ0n) is 10.1. The highest BCUT2D eigenvalue weighted by atomic mass is 35.5. The summed E-state index contributed by atoms with van der Waals surface area (Å²) < 4.78 is 0. The lowest BCUT2D eigenvalue weighted by molar-refractivity contribution is 1.15. The van der Waals surface area contributed by atoms with Gasteiger partial charge in [-0.1, -0.05) is 31.4 Å². The molecule has 92 valence electrons. The smallest absolute Gasteiger partial charge is 0.218 e. The maximum absolute atomic E-state index is 8.95. The van der Waals surface area contributed by atoms with Gasteiger partial charge < -0.3 is 0 Å². The number of nitrogens with zero attached hydrogens (tertiary/aromatic N) is 3. The van der Waals surface area contributed by atoms with Gasteiger partial charge in [0.25, 0.3) is 0 Å². The van der Waals surface area contributed by atoms with E-state index < -0.39 is 0 Å². The molecule has 0 amide bonds. The Kier molecular flexibility index (Phi) is 3.74. The number of rotatable bonds is 3. The van der Waals surface area contributed by atoms with E-state index in [1.165, 1.54) is 0 Å². The number of nitriles is 1. The van der Waals surface area contributed by atoms with Crippen LogP contribution in [-0.2, 0) is 0 Å². The highest BCUT2D eigenvalue weighted by molar-refractivity contribution is 6.28. The van der Waals surface area contributed by atoms with Crippen LogP contribution in [0.25, 0.3) is 23.4 Å². The minimum absolute atomic E-state index is 0.137. The van der Waals surface area contributed by atoms with Gasteiger partial charge in [-0.15, -0.1) is 0 Å². The summed E-state index contributed by atoms with van der Waals surface area (Å²) in [6.07, 6.45) is 3.25. The highest BCUT2D eigenvalue weighted by Gasteiger charge is 2.11. The van der Waals surface area contributed by atoms with Crippen LogP contribution in [0.4, 0.5) is 0 Å². The molecule has 0 aliphatic rings. The Morgan fingerprint density at radius 1 is 1.21 bits per heavy atom. The van der Waals surface area contributed by atoms with Crippen LogP contribution in [-0.4, -0.2) is 9.97 Å². The number of benzene rings is 1. The largest absolute Gasteiger partial charge is 0.223 e. The van der Waals surface area contributed by atoms with Gasteiger partial charge in [-0.3, -0.25) is 0 Å². The van der Waals surface area contributed by atoms with Crippen LogP contribution in [0.1, 0.15) is 16.8 Å². The van der Waals surface area contributed by atoms with Crippen LogP contribution >= 0.6 is 11.6 Å². The van der Waals surface area contributed by atoms with Crippen molar-refractivity contribution < 1.29 is 0 Å². The molecule has 0 atom stereocenters. The summed E-state index contributed by atoms with van der Waals surface area (Å²) in [7, 11) is 0. The third kappa shape index (κ3) is 2.54. The monoisotopic (exact) mass is 267 g/mol. The molecule has 0 spiro atoms. The Balaban J connectivity index is 2.73. The summed E-state index contributed by atoms with van der Waals surface area (Å²) in [6.45, 7) is 7.46. The molecular formula is C15H10ClN3. The quantitative estimate of drug-likeness (QED) is 0.791. The lowest BCUT2D eigenvalue weighted by Gasteiger charge is -2.09. The van der Waals surface area contributed by atoms with Gasteiger partial charge in [0.15, 0.2) is 0 Å². The zero-order valence-corrected chi connectivity index (χ0v) is 10.9. The molecule has 2 rings (SSSR count). The van der Waals surface area contributed by atoms with Crippen LogP contribution in [0.15, 0.2) is 37.4 Å². The van der Waals surface area contributed by atoms with Gasteiger partial charge in [-0.2, -0.15) is 5.26 Å². The van der Waals surface area contributed by atoms with E-state index in [-0.39, 0.29) is 5.28 Å². The summed E-state index contributed by atoms with van der Waals surface area (Å²) >= 11 is 5.91. The normalized spacial score (nSPS) is 9.68. The topological polar surface area (TPSA) is 49.6 Å². The molecule has 4 heteroatoms. The molecular weight excluding hydrogens is 258 g/mol. The van der Waals surface area contributed by atoms with Crippen molar-refractivity contribution in [1.82, 2.24) is 9.97 Å². The number of hydrogen-bond acceptors (Lipinski definition) is 3. The Morgan fingerprint density at radius 2 is 2.00 bits per heavy atom. The van der Waals surface area contributed by atoms with Crippen LogP contribution in [0.5, 0.6) is 0 Å². The van der Waals surface area contributed by atoms with Crippen LogP contribution in [0.2, 0.25) is 5.28 Å². The third-order valence-electron chi connectivity index (χ3n) is 2.61. The fourth-order valence-corrected chi connectivity index (χ4v) is 1.95. The minimum atomic E-state index is 0.137. The molecule has 0 saturated carbocycles. The molecule has 0 aliphatic carbocycles. The predicted molar refractivity (Wildman–Crippen MR) is 77.4 cm³/mol. The van der Waals surface area contributed by atoms with Crippen LogP contribution in [0.3, 0.4) is 0 Å². The van der Waals surface area contributed by atoms with Crippen molar-refractivity contribution >= 4 is 23.8 Å². The van der Waals surface area contributed by atoms with Crippen molar-refractivity contribution in [3.8, 4) is 17.3 Å². The molecule has 19 heavy (non-hydrogen) atoms. The molecule has 1 aromatic heterocycles. The summed E-state index contributed by atoms with van der Waals surface area (Å²) in [5.74, 6) is 0. The van der Waals surface area contributed by atoms with E-state index in [9.17, 15) is 0 Å². The Bertz CT molecular complexity index is 699. The maximum Gasteiger partial charge on any atom is 0.223 e. The van der Waals surface area contributed by atoms with Gasteiger partial charge in [-0.05, 0) is 29.8 Å². The first-order valence-corrected chi connectivity index (χ1v) is 5.90. The van der Waals surface area contributed by atoms with Crippen LogP contribution in [0, 0.1) is 11.3 Å². The second-order valence-corrected chi connectivity index (χ2v) is 4.08. The van der Waals surface area contributed by atoms with Crippen molar-refractivity contribution in [2.24, 2.45) is 0 Å². The zero-order chi connectivity index (χ0) is 13.8. The van der Waals surface area contributed by atoms with E-state index in [0.29, 0.717) is 17.0 Å². The average Bonchev–Trinajstić information content (AvgIpc) is 2.46. The molecule has 0 aliphatic heterocycles. The summed E-state index contributed by atoms with van der Waals surface area (Å²) in [5, 5.41) is 9.08. The first kappa shape index (κ1) is 13.0. The van der Waals surface area contributed by atoms with Crippen molar-refractivity contribution in [2.45, 2.75) is 0 Å². The van der Waals surface area contributed by atoms with Gasteiger partial charge in [-0.25, -0.2) is 9.97 Å². The highest BCUT2D eigenvalue weighted by Crippen LogP contribution is 2.27. The van der Waals surface area contributed by atoms with E-state index >= 15 is 0 Å². The summed E-state index contributed by atoms with van der Waals surface area (Å²) in [4.78, 5) is 8.32. The fourth-order valence-electron chi connectivity index (χ4n) is 1.77. The maximum atomic E-state index is 8.95. The molecule has 0 unspecified atom stereocenters. The lowest BCUT2D eigenvalue weighted by Crippen LogP contribution is -1.97. The number of hydrogen-bond donors (Lipinski definition) is 0. The third-order valence-corrected chi connectivity index (χ3v) is 2.78. The van der Waals surface area contributed by atoms with Crippen molar-refractivity contribution in [3.05, 3.63) is 59.5 Å². The van der Waals surface area contributed by atoms with E-state index in [1.807, 2.05) is 6.07 Å². The molecule has 1 aromatic carbocycles. The molecule has 0 radical (unpaired) electrons. The second-order valence-electron chi connectivity index (χ2n) is 3.74. The average molecular weight is 268 g/mol. The second kappa shape index (κ2) is 5.47. The van der Waals surface area contributed by atoms with E-state index in [4.69, 9.17) is 16.9 Å². The fraction of sp³-hybridized carbons (Fsp3) is 0. The van der Waals surface area contributed by atoms with Crippen molar-refractivity contribution in [3.63, 3.8) is 0 Å². The van der Waals surface area contributed by atoms with Gasteiger partial charge >= 0.3 is 0 Å². The summed E-state index contributed by atoms with van der Waals surface area (Å²) in [5.41, 5.74) is 3.35. The lowest BCUT2D eigenvalue weighted by atomic mass is 10.0.